The van der Waals surface area contributed by atoms with Crippen molar-refractivity contribution in [3.63, 3.8) is 0 Å². The van der Waals surface area contributed by atoms with Crippen LogP contribution < -0.4 is 5.32 Å². The van der Waals surface area contributed by atoms with Gasteiger partial charge in [0.25, 0.3) is 0 Å². The molecule has 108 valence electrons. The summed E-state index contributed by atoms with van der Waals surface area (Å²) in [6.45, 7) is 0.283. The van der Waals surface area contributed by atoms with Gasteiger partial charge in [0, 0.05) is 30.8 Å². The molecule has 1 aliphatic heterocycles. The second-order valence-corrected chi connectivity index (χ2v) is 5.17. The Morgan fingerprint density at radius 3 is 2.62 bits per heavy atom. The number of rotatable bonds is 3. The number of amides is 2. The third-order valence-corrected chi connectivity index (χ3v) is 3.75. The van der Waals surface area contributed by atoms with Crippen LogP contribution in [-0.4, -0.2) is 28.7 Å². The van der Waals surface area contributed by atoms with Crippen molar-refractivity contribution in [1.29, 1.82) is 0 Å². The SMILES string of the molecule is CNc1nc2ccccc2cc1CN1C(=O)CCCC1=O. The predicted molar refractivity (Wildman–Crippen MR) is 80.7 cm³/mol. The summed E-state index contributed by atoms with van der Waals surface area (Å²) in [6, 6.07) is 9.79. The molecule has 0 radical (unpaired) electrons. The zero-order chi connectivity index (χ0) is 14.8. The van der Waals surface area contributed by atoms with Gasteiger partial charge < -0.3 is 5.32 Å². The minimum absolute atomic E-state index is 0.0959. The number of fused-ring (bicyclic) bond motifs is 1. The topological polar surface area (TPSA) is 62.3 Å². The van der Waals surface area contributed by atoms with E-state index >= 15 is 0 Å². The van der Waals surface area contributed by atoms with Gasteiger partial charge in [-0.15, -0.1) is 0 Å². The Labute approximate surface area is 123 Å². The second kappa shape index (κ2) is 5.52. The van der Waals surface area contributed by atoms with Crippen molar-refractivity contribution in [3.8, 4) is 0 Å². The molecule has 21 heavy (non-hydrogen) atoms. The highest BCUT2D eigenvalue weighted by molar-refractivity contribution is 5.97. The minimum Gasteiger partial charge on any atom is -0.373 e. The van der Waals surface area contributed by atoms with Crippen molar-refractivity contribution < 1.29 is 9.59 Å². The molecular weight excluding hydrogens is 266 g/mol. The Hall–Kier alpha value is -2.43. The summed E-state index contributed by atoms with van der Waals surface area (Å²) in [5.41, 5.74) is 1.75. The number of aromatic nitrogens is 1. The Bertz CT molecular complexity index is 696. The van der Waals surface area contributed by atoms with Gasteiger partial charge in [-0.3, -0.25) is 14.5 Å². The average Bonchev–Trinajstić information content (AvgIpc) is 2.50. The van der Waals surface area contributed by atoms with Crippen molar-refractivity contribution in [2.24, 2.45) is 0 Å². The largest absolute Gasteiger partial charge is 0.373 e. The molecule has 1 aliphatic rings. The molecule has 5 nitrogen and oxygen atoms in total. The quantitative estimate of drug-likeness (QED) is 0.878. The Kier molecular flexibility index (Phi) is 3.56. The van der Waals surface area contributed by atoms with Gasteiger partial charge in [-0.1, -0.05) is 18.2 Å². The smallest absolute Gasteiger partial charge is 0.229 e. The maximum absolute atomic E-state index is 11.9. The number of hydrogen-bond donors (Lipinski definition) is 1. The van der Waals surface area contributed by atoms with E-state index in [1.54, 1.807) is 7.05 Å². The van der Waals surface area contributed by atoms with Crippen LogP contribution in [0.4, 0.5) is 5.82 Å². The van der Waals surface area contributed by atoms with Crippen LogP contribution in [0.3, 0.4) is 0 Å². The molecule has 1 N–H and O–H groups in total. The summed E-state index contributed by atoms with van der Waals surface area (Å²) in [5.74, 6) is 0.516. The van der Waals surface area contributed by atoms with Crippen molar-refractivity contribution >= 4 is 28.5 Å². The number of benzene rings is 1. The molecule has 1 saturated heterocycles. The van der Waals surface area contributed by atoms with Crippen LogP contribution in [0.5, 0.6) is 0 Å². The molecule has 0 bridgehead atoms. The Morgan fingerprint density at radius 1 is 1.19 bits per heavy atom. The third kappa shape index (κ3) is 2.59. The fourth-order valence-electron chi connectivity index (χ4n) is 2.64. The molecule has 0 saturated carbocycles. The van der Waals surface area contributed by atoms with E-state index in [1.807, 2.05) is 30.3 Å². The van der Waals surface area contributed by atoms with E-state index in [1.165, 1.54) is 4.90 Å². The number of nitrogens with one attached hydrogen (secondary N) is 1. The van der Waals surface area contributed by atoms with Crippen LogP contribution in [0.15, 0.2) is 30.3 Å². The van der Waals surface area contributed by atoms with E-state index in [2.05, 4.69) is 10.3 Å². The molecule has 0 atom stereocenters. The highest BCUT2D eigenvalue weighted by Gasteiger charge is 2.26. The van der Waals surface area contributed by atoms with Gasteiger partial charge in [0.2, 0.25) is 11.8 Å². The number of carbonyl (C=O) groups is 2. The van der Waals surface area contributed by atoms with E-state index in [-0.39, 0.29) is 18.4 Å². The number of pyridine rings is 1. The molecule has 2 heterocycles. The van der Waals surface area contributed by atoms with Crippen LogP contribution in [0.1, 0.15) is 24.8 Å². The maximum Gasteiger partial charge on any atom is 0.229 e. The van der Waals surface area contributed by atoms with Gasteiger partial charge in [0.05, 0.1) is 12.1 Å². The fraction of sp³-hybridized carbons (Fsp3) is 0.312. The molecule has 1 aromatic heterocycles. The zero-order valence-corrected chi connectivity index (χ0v) is 11.9. The molecule has 0 spiro atoms. The predicted octanol–water partition coefficient (Wildman–Crippen LogP) is 2.32. The summed E-state index contributed by atoms with van der Waals surface area (Å²) in [4.78, 5) is 29.8. The second-order valence-electron chi connectivity index (χ2n) is 5.17. The zero-order valence-electron chi connectivity index (χ0n) is 11.9. The molecule has 0 aliphatic carbocycles. The number of piperidine rings is 1. The number of hydrogen-bond acceptors (Lipinski definition) is 4. The van der Waals surface area contributed by atoms with E-state index in [9.17, 15) is 9.59 Å². The van der Waals surface area contributed by atoms with Gasteiger partial charge in [0.1, 0.15) is 5.82 Å². The summed E-state index contributed by atoms with van der Waals surface area (Å²) in [6.07, 6.45) is 1.55. The van der Waals surface area contributed by atoms with Gasteiger partial charge >= 0.3 is 0 Å². The number of para-hydroxylation sites is 1. The first-order valence-electron chi connectivity index (χ1n) is 7.08. The molecule has 2 amide bonds. The molecule has 0 unspecified atom stereocenters. The van der Waals surface area contributed by atoms with E-state index in [0.717, 1.165) is 16.5 Å². The molecule has 5 heteroatoms. The van der Waals surface area contributed by atoms with Crippen molar-refractivity contribution in [2.45, 2.75) is 25.8 Å². The maximum atomic E-state index is 11.9. The van der Waals surface area contributed by atoms with Crippen LogP contribution in [-0.2, 0) is 16.1 Å². The lowest BCUT2D eigenvalue weighted by Crippen LogP contribution is -2.39. The van der Waals surface area contributed by atoms with Crippen LogP contribution in [0.25, 0.3) is 10.9 Å². The van der Waals surface area contributed by atoms with E-state index in [4.69, 9.17) is 0 Å². The van der Waals surface area contributed by atoms with Gasteiger partial charge in [0.15, 0.2) is 0 Å². The number of carbonyl (C=O) groups excluding carboxylic acids is 2. The van der Waals surface area contributed by atoms with Gasteiger partial charge in [-0.05, 0) is 18.6 Å². The van der Waals surface area contributed by atoms with E-state index in [0.29, 0.717) is 25.1 Å². The Morgan fingerprint density at radius 2 is 1.90 bits per heavy atom. The van der Waals surface area contributed by atoms with Crippen LogP contribution in [0.2, 0.25) is 0 Å². The summed E-state index contributed by atoms with van der Waals surface area (Å²) < 4.78 is 0. The number of nitrogens with zero attached hydrogens (tertiary/aromatic N) is 2. The number of likely N-dealkylation sites (tertiary alicyclic amines) is 1. The monoisotopic (exact) mass is 283 g/mol. The summed E-state index contributed by atoms with van der Waals surface area (Å²) in [7, 11) is 1.79. The summed E-state index contributed by atoms with van der Waals surface area (Å²) in [5, 5.41) is 4.05. The lowest BCUT2D eigenvalue weighted by Gasteiger charge is -2.25. The van der Waals surface area contributed by atoms with Crippen molar-refractivity contribution in [1.82, 2.24) is 9.88 Å². The first-order chi connectivity index (χ1) is 10.2. The standard InChI is InChI=1S/C16H17N3O2/c1-17-16-12(9-11-5-2-3-6-13(11)18-16)10-19-14(20)7-4-8-15(19)21/h2-3,5-6,9H,4,7-8,10H2,1H3,(H,17,18). The van der Waals surface area contributed by atoms with Gasteiger partial charge in [-0.2, -0.15) is 0 Å². The Balaban J connectivity index is 1.98. The number of anilines is 1. The highest BCUT2D eigenvalue weighted by atomic mass is 16.2. The lowest BCUT2D eigenvalue weighted by molar-refractivity contribution is -0.148. The minimum atomic E-state index is -0.0959. The third-order valence-electron chi connectivity index (χ3n) is 3.75. The average molecular weight is 283 g/mol. The molecular formula is C16H17N3O2. The fourth-order valence-corrected chi connectivity index (χ4v) is 2.64. The van der Waals surface area contributed by atoms with Gasteiger partial charge in [-0.25, -0.2) is 4.98 Å². The van der Waals surface area contributed by atoms with Crippen LogP contribution in [0, 0.1) is 0 Å². The van der Waals surface area contributed by atoms with E-state index < -0.39 is 0 Å². The first kappa shape index (κ1) is 13.5. The lowest BCUT2D eigenvalue weighted by atomic mass is 10.1. The van der Waals surface area contributed by atoms with Crippen molar-refractivity contribution in [2.75, 3.05) is 12.4 Å². The normalized spacial score (nSPS) is 15.6. The van der Waals surface area contributed by atoms with Crippen molar-refractivity contribution in [3.05, 3.63) is 35.9 Å². The van der Waals surface area contributed by atoms with Crippen LogP contribution >= 0.6 is 0 Å². The highest BCUT2D eigenvalue weighted by Crippen LogP contribution is 2.23. The first-order valence-corrected chi connectivity index (χ1v) is 7.08. The molecule has 2 aromatic rings. The number of imide groups is 1. The molecule has 1 aromatic carbocycles. The summed E-state index contributed by atoms with van der Waals surface area (Å²) >= 11 is 0. The molecule has 1 fully saturated rings. The molecule has 3 rings (SSSR count).